The second kappa shape index (κ2) is 6.78. The number of rotatable bonds is 4. The lowest BCUT2D eigenvalue weighted by Crippen LogP contribution is -2.24. The van der Waals surface area contributed by atoms with E-state index >= 15 is 0 Å². The molecule has 1 amide bonds. The van der Waals surface area contributed by atoms with Crippen molar-refractivity contribution < 1.29 is 13.6 Å². The Kier molecular flexibility index (Phi) is 5.29. The first kappa shape index (κ1) is 15.6. The van der Waals surface area contributed by atoms with Crippen LogP contribution in [0.5, 0.6) is 0 Å². The molecule has 0 saturated heterocycles. The fourth-order valence-corrected chi connectivity index (χ4v) is 3.57. The molecule has 0 aliphatic heterocycles. The number of benzene rings is 1. The van der Waals surface area contributed by atoms with Gasteiger partial charge in [0.15, 0.2) is 0 Å². The molecule has 2 aromatic rings. The molecular formula is C13H9Br2F2NOS. The molecule has 1 heterocycles. The van der Waals surface area contributed by atoms with Gasteiger partial charge in [-0.1, -0.05) is 0 Å². The standard InChI is InChI=1S/C13H9Br2F2NOS/c14-10-6-11(20-12(10)15)13(19)18-2-1-7-3-8(16)5-9(17)4-7/h3-6H,1-2H2,(H,18,19). The molecular weight excluding hydrogens is 416 g/mol. The van der Waals surface area contributed by atoms with E-state index in [1.807, 2.05) is 0 Å². The number of nitrogens with one attached hydrogen (secondary N) is 1. The number of hydrogen-bond donors (Lipinski definition) is 1. The van der Waals surface area contributed by atoms with Gasteiger partial charge in [-0.3, -0.25) is 4.79 Å². The summed E-state index contributed by atoms with van der Waals surface area (Å²) in [4.78, 5) is 12.4. The summed E-state index contributed by atoms with van der Waals surface area (Å²) in [6.07, 6.45) is 0.369. The highest BCUT2D eigenvalue weighted by Crippen LogP contribution is 2.32. The first-order valence-corrected chi connectivity index (χ1v) is 8.04. The van der Waals surface area contributed by atoms with Gasteiger partial charge in [0.1, 0.15) is 11.6 Å². The van der Waals surface area contributed by atoms with Gasteiger partial charge in [0, 0.05) is 17.1 Å². The van der Waals surface area contributed by atoms with Crippen LogP contribution < -0.4 is 5.32 Å². The lowest BCUT2D eigenvalue weighted by Gasteiger charge is -2.04. The molecule has 0 aliphatic carbocycles. The molecule has 0 radical (unpaired) electrons. The smallest absolute Gasteiger partial charge is 0.261 e. The Balaban J connectivity index is 1.91. The average molecular weight is 425 g/mol. The Morgan fingerprint density at radius 3 is 2.35 bits per heavy atom. The molecule has 0 bridgehead atoms. The molecule has 7 heteroatoms. The maximum atomic E-state index is 13.0. The summed E-state index contributed by atoms with van der Waals surface area (Å²) < 4.78 is 27.6. The fraction of sp³-hybridized carbons (Fsp3) is 0.154. The Hall–Kier alpha value is -0.790. The van der Waals surface area contributed by atoms with Crippen LogP contribution in [0.25, 0.3) is 0 Å². The van der Waals surface area contributed by atoms with Gasteiger partial charge < -0.3 is 5.32 Å². The van der Waals surface area contributed by atoms with Crippen molar-refractivity contribution in [3.63, 3.8) is 0 Å². The van der Waals surface area contributed by atoms with Gasteiger partial charge in [0.05, 0.1) is 8.66 Å². The summed E-state index contributed by atoms with van der Waals surface area (Å²) in [6.45, 7) is 0.314. The Labute approximate surface area is 135 Å². The minimum Gasteiger partial charge on any atom is -0.351 e. The molecule has 0 atom stereocenters. The van der Waals surface area contributed by atoms with E-state index in [0.717, 1.165) is 14.3 Å². The monoisotopic (exact) mass is 423 g/mol. The molecule has 0 spiro atoms. The van der Waals surface area contributed by atoms with Crippen LogP contribution in [0.2, 0.25) is 0 Å². The average Bonchev–Trinajstić information content (AvgIpc) is 2.68. The van der Waals surface area contributed by atoms with Gasteiger partial charge in [0.25, 0.3) is 5.91 Å². The van der Waals surface area contributed by atoms with Crippen molar-refractivity contribution in [3.05, 3.63) is 54.6 Å². The second-order valence-corrected chi connectivity index (χ2v) is 7.24. The quantitative estimate of drug-likeness (QED) is 0.767. The normalized spacial score (nSPS) is 10.6. The van der Waals surface area contributed by atoms with E-state index in [4.69, 9.17) is 0 Å². The van der Waals surface area contributed by atoms with Gasteiger partial charge in [-0.25, -0.2) is 8.78 Å². The van der Waals surface area contributed by atoms with Crippen LogP contribution in [0.1, 0.15) is 15.2 Å². The molecule has 20 heavy (non-hydrogen) atoms. The predicted molar refractivity (Wildman–Crippen MR) is 82.1 cm³/mol. The van der Waals surface area contributed by atoms with Crippen LogP contribution in [0.3, 0.4) is 0 Å². The minimum absolute atomic E-state index is 0.210. The van der Waals surface area contributed by atoms with E-state index in [1.54, 1.807) is 6.07 Å². The molecule has 0 unspecified atom stereocenters. The zero-order chi connectivity index (χ0) is 14.7. The van der Waals surface area contributed by atoms with Gasteiger partial charge in [-0.2, -0.15) is 0 Å². The van der Waals surface area contributed by atoms with Crippen LogP contribution >= 0.6 is 43.2 Å². The highest BCUT2D eigenvalue weighted by Gasteiger charge is 2.11. The third kappa shape index (κ3) is 4.10. The third-order valence-corrected chi connectivity index (χ3v) is 5.75. The molecule has 0 saturated carbocycles. The zero-order valence-electron chi connectivity index (χ0n) is 10.1. The van der Waals surface area contributed by atoms with Crippen molar-refractivity contribution in [3.8, 4) is 0 Å². The summed E-state index contributed by atoms with van der Waals surface area (Å²) in [5.41, 5.74) is 0.511. The maximum absolute atomic E-state index is 13.0. The van der Waals surface area contributed by atoms with Gasteiger partial charge in [0.2, 0.25) is 0 Å². The third-order valence-electron chi connectivity index (χ3n) is 2.49. The first-order chi connectivity index (χ1) is 9.45. The summed E-state index contributed by atoms with van der Waals surface area (Å²) in [5.74, 6) is -1.44. The summed E-state index contributed by atoms with van der Waals surface area (Å²) >= 11 is 7.93. The van der Waals surface area contributed by atoms with E-state index in [1.165, 1.54) is 23.5 Å². The van der Waals surface area contributed by atoms with Crippen molar-refractivity contribution >= 4 is 49.1 Å². The maximum Gasteiger partial charge on any atom is 0.261 e. The molecule has 2 nitrogen and oxygen atoms in total. The van der Waals surface area contributed by atoms with E-state index < -0.39 is 11.6 Å². The number of thiophene rings is 1. The summed E-state index contributed by atoms with van der Waals surface area (Å²) in [6, 6.07) is 5.05. The Morgan fingerprint density at radius 2 is 1.80 bits per heavy atom. The lowest BCUT2D eigenvalue weighted by atomic mass is 10.1. The molecule has 1 aromatic carbocycles. The van der Waals surface area contributed by atoms with Crippen molar-refractivity contribution in [1.29, 1.82) is 0 Å². The minimum atomic E-state index is -0.613. The van der Waals surface area contributed by atoms with Crippen molar-refractivity contribution in [2.24, 2.45) is 0 Å². The first-order valence-electron chi connectivity index (χ1n) is 5.63. The SMILES string of the molecule is O=C(NCCc1cc(F)cc(F)c1)c1cc(Br)c(Br)s1. The molecule has 1 N–H and O–H groups in total. The number of carbonyl (C=O) groups is 1. The molecule has 2 rings (SSSR count). The second-order valence-electron chi connectivity index (χ2n) is 4.02. The van der Waals surface area contributed by atoms with Gasteiger partial charge in [-0.15, -0.1) is 11.3 Å². The largest absolute Gasteiger partial charge is 0.351 e. The number of carbonyl (C=O) groups excluding carboxylic acids is 1. The van der Waals surface area contributed by atoms with Gasteiger partial charge in [-0.05, 0) is 62.0 Å². The number of amides is 1. The zero-order valence-corrected chi connectivity index (χ0v) is 14.0. The highest BCUT2D eigenvalue weighted by atomic mass is 79.9. The van der Waals surface area contributed by atoms with Crippen LogP contribution in [-0.4, -0.2) is 12.5 Å². The van der Waals surface area contributed by atoms with Crippen molar-refractivity contribution in [1.82, 2.24) is 5.32 Å². The van der Waals surface area contributed by atoms with Crippen LogP contribution in [0.4, 0.5) is 8.78 Å². The summed E-state index contributed by atoms with van der Waals surface area (Å²) in [5, 5.41) is 2.71. The van der Waals surface area contributed by atoms with Crippen LogP contribution in [0, 0.1) is 11.6 Å². The van der Waals surface area contributed by atoms with Crippen LogP contribution in [-0.2, 0) is 6.42 Å². The Morgan fingerprint density at radius 1 is 1.15 bits per heavy atom. The fourth-order valence-electron chi connectivity index (χ4n) is 1.62. The van der Waals surface area contributed by atoms with Crippen molar-refractivity contribution in [2.45, 2.75) is 6.42 Å². The predicted octanol–water partition coefficient (Wildman–Crippen LogP) is 4.52. The van der Waals surface area contributed by atoms with Gasteiger partial charge >= 0.3 is 0 Å². The topological polar surface area (TPSA) is 29.1 Å². The summed E-state index contributed by atoms with van der Waals surface area (Å²) in [7, 11) is 0. The molecule has 0 fully saturated rings. The van der Waals surface area contributed by atoms with Crippen molar-refractivity contribution in [2.75, 3.05) is 6.54 Å². The highest BCUT2D eigenvalue weighted by molar-refractivity contribution is 9.13. The van der Waals surface area contributed by atoms with Crippen LogP contribution in [0.15, 0.2) is 32.5 Å². The number of halogens is 4. The van der Waals surface area contributed by atoms with E-state index in [-0.39, 0.29) is 5.91 Å². The molecule has 0 aliphatic rings. The molecule has 106 valence electrons. The Bertz CT molecular complexity index is 606. The van der Waals surface area contributed by atoms with E-state index in [0.29, 0.717) is 23.4 Å². The lowest BCUT2D eigenvalue weighted by molar-refractivity contribution is 0.0958. The van der Waals surface area contributed by atoms with E-state index in [9.17, 15) is 13.6 Å². The number of hydrogen-bond acceptors (Lipinski definition) is 2. The molecule has 1 aromatic heterocycles. The van der Waals surface area contributed by atoms with E-state index in [2.05, 4.69) is 37.2 Å².